The third kappa shape index (κ3) is 3.48. The molecule has 0 N–H and O–H groups in total. The van der Waals surface area contributed by atoms with Gasteiger partial charge in [0.1, 0.15) is 0 Å². The first kappa shape index (κ1) is 16.2. The molecule has 3 rings (SSSR count). The zero-order valence-corrected chi connectivity index (χ0v) is 16.3. The van der Waals surface area contributed by atoms with Gasteiger partial charge in [0.25, 0.3) is 0 Å². The van der Waals surface area contributed by atoms with E-state index in [0.717, 1.165) is 0 Å². The second kappa shape index (κ2) is 7.28. The molecule has 0 saturated carbocycles. The fraction of sp³-hybridized carbons (Fsp3) is 0.0476. The maximum absolute atomic E-state index is 2.55. The van der Waals surface area contributed by atoms with Gasteiger partial charge < -0.3 is 0 Å². The smallest absolute Gasteiger partial charge is 0.0624 e. The van der Waals surface area contributed by atoms with Crippen molar-refractivity contribution < 1.29 is 0 Å². The molecule has 0 saturated heterocycles. The monoisotopic (exact) mass is 426 g/mol. The Kier molecular flexibility index (Phi) is 5.13. The predicted octanol–water partition coefficient (Wildman–Crippen LogP) is 4.89. The first-order valence-corrected chi connectivity index (χ1v) is 11.3. The molecule has 0 aliphatic rings. The van der Waals surface area contributed by atoms with Crippen molar-refractivity contribution in [1.29, 1.82) is 0 Å². The van der Waals surface area contributed by atoms with Crippen molar-refractivity contribution in [3.63, 3.8) is 0 Å². The van der Waals surface area contributed by atoms with E-state index in [4.69, 9.17) is 0 Å². The molecule has 0 bridgehead atoms. The summed E-state index contributed by atoms with van der Waals surface area (Å²) in [5.74, 6) is 0. The number of halogens is 1. The molecule has 3 aromatic carbocycles. The van der Waals surface area contributed by atoms with E-state index in [0.29, 0.717) is 0 Å². The Morgan fingerprint density at radius 1 is 0.696 bits per heavy atom. The second-order valence-corrected chi connectivity index (χ2v) is 11.9. The van der Waals surface area contributed by atoms with E-state index in [9.17, 15) is 0 Å². The van der Waals surface area contributed by atoms with Gasteiger partial charge in [-0.3, -0.25) is 0 Å². The summed E-state index contributed by atoms with van der Waals surface area (Å²) in [5, 5.41) is 2.89. The molecule has 0 fully saturated rings. The summed E-state index contributed by atoms with van der Waals surface area (Å²) in [7, 11) is -1.94. The molecule has 0 aliphatic heterocycles. The van der Waals surface area contributed by atoms with Gasteiger partial charge in [-0.05, 0) is 25.2 Å². The number of hydrogen-bond acceptors (Lipinski definition) is 0. The van der Waals surface area contributed by atoms with Gasteiger partial charge in [0.05, 0.1) is 0 Å². The lowest BCUT2D eigenvalue weighted by Crippen LogP contribution is -2.56. The van der Waals surface area contributed by atoms with Crippen LogP contribution < -0.4 is 10.4 Å². The fourth-order valence-electron chi connectivity index (χ4n) is 2.83. The quantitative estimate of drug-likeness (QED) is 0.412. The minimum Gasteiger partial charge on any atom is -0.0624 e. The largest absolute Gasteiger partial charge is 0.152 e. The maximum Gasteiger partial charge on any atom is 0.152 e. The first-order valence-electron chi connectivity index (χ1n) is 7.75. The average molecular weight is 426 g/mol. The molecule has 114 valence electrons. The van der Waals surface area contributed by atoms with Crippen LogP contribution in [0.15, 0.2) is 94.2 Å². The molecule has 23 heavy (non-hydrogen) atoms. The van der Waals surface area contributed by atoms with E-state index >= 15 is 0 Å². The number of rotatable bonds is 4. The molecule has 3 aromatic rings. The Bertz CT molecular complexity index is 740. The van der Waals surface area contributed by atoms with Gasteiger partial charge in [-0.2, -0.15) is 0 Å². The summed E-state index contributed by atoms with van der Waals surface area (Å²) >= 11 is 2.55. The van der Waals surface area contributed by atoms with Gasteiger partial charge in [0.2, 0.25) is 0 Å². The van der Waals surface area contributed by atoms with Crippen molar-refractivity contribution in [3.05, 3.63) is 99.8 Å². The standard InChI is InChI=1S/C21H19ISi/c1-23(19-13-7-3-8-14-19,20-15-9-4-10-16-20)21(22)17-18-11-5-2-6-12-18/h2-17H,1H3/b21-17+. The number of benzene rings is 3. The lowest BCUT2D eigenvalue weighted by molar-refractivity contribution is 1.65. The van der Waals surface area contributed by atoms with Crippen LogP contribution >= 0.6 is 22.6 Å². The van der Waals surface area contributed by atoms with E-state index in [2.05, 4.69) is 126 Å². The second-order valence-electron chi connectivity index (χ2n) is 5.76. The number of hydrogen-bond donors (Lipinski definition) is 0. The molecule has 0 amide bonds. The Labute approximate surface area is 153 Å². The Morgan fingerprint density at radius 2 is 1.09 bits per heavy atom. The first-order chi connectivity index (χ1) is 11.2. The molecule has 2 heteroatoms. The van der Waals surface area contributed by atoms with Crippen LogP contribution in [-0.4, -0.2) is 8.07 Å². The molecule has 0 aromatic heterocycles. The van der Waals surface area contributed by atoms with Gasteiger partial charge in [-0.1, -0.05) is 120 Å². The lowest BCUT2D eigenvalue weighted by atomic mass is 10.2. The minimum absolute atomic E-state index is 1.27. The minimum atomic E-state index is -1.94. The van der Waals surface area contributed by atoms with Crippen molar-refractivity contribution in [2.24, 2.45) is 0 Å². The van der Waals surface area contributed by atoms with Crippen LogP contribution in [0.2, 0.25) is 6.55 Å². The van der Waals surface area contributed by atoms with Gasteiger partial charge in [-0.25, -0.2) is 0 Å². The zero-order valence-electron chi connectivity index (χ0n) is 13.1. The Morgan fingerprint density at radius 3 is 1.52 bits per heavy atom. The third-order valence-corrected chi connectivity index (χ3v) is 11.9. The molecule has 0 heterocycles. The van der Waals surface area contributed by atoms with Gasteiger partial charge >= 0.3 is 0 Å². The fourth-order valence-corrected chi connectivity index (χ4v) is 8.11. The highest BCUT2D eigenvalue weighted by atomic mass is 127. The summed E-state index contributed by atoms with van der Waals surface area (Å²) in [6.45, 7) is 2.44. The predicted molar refractivity (Wildman–Crippen MR) is 112 cm³/mol. The van der Waals surface area contributed by atoms with E-state index in [1.165, 1.54) is 19.1 Å². The van der Waals surface area contributed by atoms with Gasteiger partial charge in [0.15, 0.2) is 8.07 Å². The van der Waals surface area contributed by atoms with Crippen LogP contribution in [0.1, 0.15) is 5.56 Å². The van der Waals surface area contributed by atoms with Crippen molar-refractivity contribution in [2.45, 2.75) is 6.55 Å². The van der Waals surface area contributed by atoms with Crippen LogP contribution in [0.4, 0.5) is 0 Å². The highest BCUT2D eigenvalue weighted by Gasteiger charge is 2.34. The lowest BCUT2D eigenvalue weighted by Gasteiger charge is -2.29. The molecule has 0 radical (unpaired) electrons. The molecule has 0 atom stereocenters. The van der Waals surface area contributed by atoms with Gasteiger partial charge in [-0.15, -0.1) is 0 Å². The summed E-state index contributed by atoms with van der Waals surface area (Å²) < 4.78 is 1.44. The Balaban J connectivity index is 2.15. The summed E-state index contributed by atoms with van der Waals surface area (Å²) in [4.78, 5) is 0. The van der Waals surface area contributed by atoms with Crippen LogP contribution in [0, 0.1) is 0 Å². The van der Waals surface area contributed by atoms with Crippen LogP contribution in [0.25, 0.3) is 6.08 Å². The molecule has 0 nitrogen and oxygen atoms in total. The van der Waals surface area contributed by atoms with Crippen LogP contribution in [0.3, 0.4) is 0 Å². The van der Waals surface area contributed by atoms with E-state index in [-0.39, 0.29) is 0 Å². The van der Waals surface area contributed by atoms with Crippen molar-refractivity contribution in [1.82, 2.24) is 0 Å². The summed E-state index contributed by atoms with van der Waals surface area (Å²) in [6, 6.07) is 32.5. The third-order valence-electron chi connectivity index (χ3n) is 4.27. The normalized spacial score (nSPS) is 12.2. The average Bonchev–Trinajstić information content (AvgIpc) is 2.63. The molecule has 0 unspecified atom stereocenters. The molecular weight excluding hydrogens is 407 g/mol. The molecular formula is C21H19ISi. The highest BCUT2D eigenvalue weighted by molar-refractivity contribution is 14.1. The van der Waals surface area contributed by atoms with Crippen LogP contribution in [-0.2, 0) is 0 Å². The summed E-state index contributed by atoms with van der Waals surface area (Å²) in [6.07, 6.45) is 2.34. The van der Waals surface area contributed by atoms with Crippen molar-refractivity contribution in [2.75, 3.05) is 0 Å². The van der Waals surface area contributed by atoms with Crippen molar-refractivity contribution >= 4 is 47.1 Å². The highest BCUT2D eigenvalue weighted by Crippen LogP contribution is 2.25. The topological polar surface area (TPSA) is 0 Å². The van der Waals surface area contributed by atoms with E-state index < -0.39 is 8.07 Å². The van der Waals surface area contributed by atoms with E-state index in [1.54, 1.807) is 0 Å². The van der Waals surface area contributed by atoms with E-state index in [1.807, 2.05) is 0 Å². The SMILES string of the molecule is C[Si](/C(I)=C/c1ccccc1)(c1ccccc1)c1ccccc1. The maximum atomic E-state index is 2.55. The molecule has 0 spiro atoms. The summed E-state index contributed by atoms with van der Waals surface area (Å²) in [5.41, 5.74) is 1.27. The van der Waals surface area contributed by atoms with Crippen LogP contribution in [0.5, 0.6) is 0 Å². The zero-order chi connectivity index (χ0) is 16.1. The van der Waals surface area contributed by atoms with Gasteiger partial charge in [0, 0.05) is 0 Å². The molecule has 0 aliphatic carbocycles. The Hall–Kier alpha value is -1.65. The van der Waals surface area contributed by atoms with Crippen molar-refractivity contribution in [3.8, 4) is 0 Å².